The van der Waals surface area contributed by atoms with Crippen LogP contribution in [0, 0.1) is 0 Å². The van der Waals surface area contributed by atoms with E-state index in [1.807, 2.05) is 6.92 Å². The first-order chi connectivity index (χ1) is 5.61. The maximum absolute atomic E-state index is 11.1. The van der Waals surface area contributed by atoms with Crippen LogP contribution in [0.25, 0.3) is 0 Å². The molecule has 1 amide bonds. The highest BCUT2D eigenvalue weighted by molar-refractivity contribution is 6.30. The quantitative estimate of drug-likeness (QED) is 0.638. The van der Waals surface area contributed by atoms with Crippen molar-refractivity contribution in [2.24, 2.45) is 0 Å². The molecule has 3 nitrogen and oxygen atoms in total. The summed E-state index contributed by atoms with van der Waals surface area (Å²) in [5, 5.41) is 10.9. The van der Waals surface area contributed by atoms with Crippen molar-refractivity contribution in [2.45, 2.75) is 38.1 Å². The van der Waals surface area contributed by atoms with Gasteiger partial charge in [-0.3, -0.25) is 4.79 Å². The van der Waals surface area contributed by atoms with Crippen LogP contribution in [0.2, 0.25) is 0 Å². The fraction of sp³-hybridized carbons (Fsp3) is 0.875. The van der Waals surface area contributed by atoms with Gasteiger partial charge < -0.3 is 10.4 Å². The zero-order valence-corrected chi connectivity index (χ0v) is 8.27. The Balaban J connectivity index is 3.77. The van der Waals surface area contributed by atoms with Crippen molar-refractivity contribution in [3.05, 3.63) is 0 Å². The Hall–Kier alpha value is -0.280. The van der Waals surface area contributed by atoms with Gasteiger partial charge in [-0.1, -0.05) is 6.92 Å². The molecule has 0 heterocycles. The van der Waals surface area contributed by atoms with Crippen molar-refractivity contribution in [3.63, 3.8) is 0 Å². The summed E-state index contributed by atoms with van der Waals surface area (Å²) < 4.78 is 0. The minimum absolute atomic E-state index is 0.0451. The van der Waals surface area contributed by atoms with Crippen LogP contribution in [0.4, 0.5) is 0 Å². The molecule has 0 rings (SSSR count). The fourth-order valence-electron chi connectivity index (χ4n) is 0.850. The largest absolute Gasteiger partial charge is 0.396 e. The molecule has 2 N–H and O–H groups in total. The van der Waals surface area contributed by atoms with Gasteiger partial charge in [0.2, 0.25) is 5.91 Å². The van der Waals surface area contributed by atoms with Crippen LogP contribution in [0.3, 0.4) is 0 Å². The van der Waals surface area contributed by atoms with Gasteiger partial charge in [-0.15, -0.1) is 11.6 Å². The summed E-state index contributed by atoms with van der Waals surface area (Å²) in [7, 11) is 0. The molecular weight excluding hydrogens is 178 g/mol. The van der Waals surface area contributed by atoms with Crippen molar-refractivity contribution in [3.8, 4) is 0 Å². The molecule has 0 aromatic heterocycles. The number of rotatable bonds is 5. The second-order valence-corrected chi connectivity index (χ2v) is 3.40. The van der Waals surface area contributed by atoms with E-state index in [0.29, 0.717) is 6.42 Å². The molecule has 2 unspecified atom stereocenters. The molecule has 72 valence electrons. The summed E-state index contributed by atoms with van der Waals surface area (Å²) in [4.78, 5) is 11.1. The third kappa shape index (κ3) is 4.57. The van der Waals surface area contributed by atoms with Gasteiger partial charge >= 0.3 is 0 Å². The number of alkyl halides is 1. The van der Waals surface area contributed by atoms with Crippen LogP contribution in [0.15, 0.2) is 0 Å². The zero-order chi connectivity index (χ0) is 9.56. The summed E-state index contributed by atoms with van der Waals surface area (Å²) in [5.41, 5.74) is 0. The Morgan fingerprint density at radius 2 is 2.25 bits per heavy atom. The molecule has 0 radical (unpaired) electrons. The minimum atomic E-state index is -0.502. The second kappa shape index (κ2) is 6.26. The number of amides is 1. The average molecular weight is 194 g/mol. The normalized spacial score (nSPS) is 15.3. The van der Waals surface area contributed by atoms with Crippen molar-refractivity contribution >= 4 is 17.5 Å². The Kier molecular flexibility index (Phi) is 6.11. The first kappa shape index (κ1) is 11.7. The lowest BCUT2D eigenvalue weighted by Crippen LogP contribution is -2.38. The number of hydrogen-bond donors (Lipinski definition) is 2. The Bertz CT molecular complexity index is 139. The summed E-state index contributed by atoms with van der Waals surface area (Å²) >= 11 is 5.55. The van der Waals surface area contributed by atoms with E-state index in [9.17, 15) is 4.79 Å². The molecule has 12 heavy (non-hydrogen) atoms. The maximum Gasteiger partial charge on any atom is 0.237 e. The fourth-order valence-corrected chi connectivity index (χ4v) is 0.913. The van der Waals surface area contributed by atoms with E-state index in [0.717, 1.165) is 6.42 Å². The predicted octanol–water partition coefficient (Wildman–Crippen LogP) is 0.891. The Morgan fingerprint density at radius 1 is 1.67 bits per heavy atom. The molecule has 0 saturated carbocycles. The molecule has 2 atom stereocenters. The summed E-state index contributed by atoms with van der Waals surface area (Å²) in [6, 6.07) is 0.0451. The number of halogens is 1. The third-order valence-electron chi connectivity index (χ3n) is 1.68. The molecule has 0 aliphatic rings. The number of hydrogen-bond acceptors (Lipinski definition) is 2. The average Bonchev–Trinajstić information content (AvgIpc) is 2.03. The van der Waals surface area contributed by atoms with Crippen LogP contribution >= 0.6 is 11.6 Å². The molecule has 0 aliphatic carbocycles. The lowest BCUT2D eigenvalue weighted by molar-refractivity contribution is -0.121. The van der Waals surface area contributed by atoms with Crippen molar-refractivity contribution in [1.82, 2.24) is 5.32 Å². The van der Waals surface area contributed by atoms with Crippen molar-refractivity contribution in [2.75, 3.05) is 6.61 Å². The Morgan fingerprint density at radius 3 is 2.58 bits per heavy atom. The molecule has 0 spiro atoms. The van der Waals surface area contributed by atoms with Gasteiger partial charge in [0, 0.05) is 12.6 Å². The first-order valence-corrected chi connectivity index (χ1v) is 4.60. The predicted molar refractivity (Wildman–Crippen MR) is 49.2 cm³/mol. The monoisotopic (exact) mass is 193 g/mol. The van der Waals surface area contributed by atoms with Gasteiger partial charge in [0.05, 0.1) is 0 Å². The van der Waals surface area contributed by atoms with Crippen LogP contribution in [0.1, 0.15) is 26.7 Å². The topological polar surface area (TPSA) is 49.3 Å². The van der Waals surface area contributed by atoms with Crippen LogP contribution in [0.5, 0.6) is 0 Å². The number of carbonyl (C=O) groups is 1. The molecule has 0 fully saturated rings. The smallest absolute Gasteiger partial charge is 0.237 e. The highest BCUT2D eigenvalue weighted by atomic mass is 35.5. The minimum Gasteiger partial charge on any atom is -0.396 e. The first-order valence-electron chi connectivity index (χ1n) is 4.17. The molecule has 0 aromatic rings. The summed E-state index contributed by atoms with van der Waals surface area (Å²) in [6.45, 7) is 3.68. The lowest BCUT2D eigenvalue weighted by atomic mass is 10.1. The number of aliphatic hydroxyl groups is 1. The molecule has 0 aliphatic heterocycles. The van der Waals surface area contributed by atoms with E-state index in [-0.39, 0.29) is 18.6 Å². The molecule has 0 bridgehead atoms. The highest BCUT2D eigenvalue weighted by Gasteiger charge is 2.13. The van der Waals surface area contributed by atoms with E-state index in [1.165, 1.54) is 0 Å². The third-order valence-corrected chi connectivity index (χ3v) is 1.88. The van der Waals surface area contributed by atoms with E-state index in [2.05, 4.69) is 5.32 Å². The standard InChI is InChI=1S/C8H16ClNO2/c1-3-7(4-5-11)10-8(12)6(2)9/h6-7,11H,3-5H2,1-2H3,(H,10,12). The van der Waals surface area contributed by atoms with Gasteiger partial charge in [0.1, 0.15) is 5.38 Å². The van der Waals surface area contributed by atoms with E-state index >= 15 is 0 Å². The van der Waals surface area contributed by atoms with Crippen LogP contribution in [-0.2, 0) is 4.79 Å². The SMILES string of the molecule is CCC(CCO)NC(=O)C(C)Cl. The highest BCUT2D eigenvalue weighted by Crippen LogP contribution is 1.99. The zero-order valence-electron chi connectivity index (χ0n) is 7.51. The Labute approximate surface area is 78.1 Å². The summed E-state index contributed by atoms with van der Waals surface area (Å²) in [6.07, 6.45) is 1.40. The summed E-state index contributed by atoms with van der Waals surface area (Å²) in [5.74, 6) is -0.169. The molecule has 0 saturated heterocycles. The maximum atomic E-state index is 11.1. The number of nitrogens with one attached hydrogen (secondary N) is 1. The van der Waals surface area contributed by atoms with E-state index in [1.54, 1.807) is 6.92 Å². The molecule has 4 heteroatoms. The van der Waals surface area contributed by atoms with Gasteiger partial charge in [-0.25, -0.2) is 0 Å². The van der Waals surface area contributed by atoms with Gasteiger partial charge in [0.25, 0.3) is 0 Å². The van der Waals surface area contributed by atoms with Gasteiger partial charge in [-0.05, 0) is 19.8 Å². The lowest BCUT2D eigenvalue weighted by Gasteiger charge is -2.16. The van der Waals surface area contributed by atoms with Crippen molar-refractivity contribution in [1.29, 1.82) is 0 Å². The second-order valence-electron chi connectivity index (χ2n) is 2.74. The number of aliphatic hydroxyl groups excluding tert-OH is 1. The van der Waals surface area contributed by atoms with Gasteiger partial charge in [0.15, 0.2) is 0 Å². The van der Waals surface area contributed by atoms with Crippen LogP contribution < -0.4 is 5.32 Å². The number of carbonyl (C=O) groups excluding carboxylic acids is 1. The molecular formula is C8H16ClNO2. The van der Waals surface area contributed by atoms with Crippen molar-refractivity contribution < 1.29 is 9.90 Å². The van der Waals surface area contributed by atoms with E-state index < -0.39 is 5.38 Å². The van der Waals surface area contributed by atoms with Gasteiger partial charge in [-0.2, -0.15) is 0 Å². The van der Waals surface area contributed by atoms with E-state index in [4.69, 9.17) is 16.7 Å². The van der Waals surface area contributed by atoms with Crippen LogP contribution in [-0.4, -0.2) is 29.0 Å². The molecule has 0 aromatic carbocycles.